The largest absolute Gasteiger partial charge is 0.345 e. The second kappa shape index (κ2) is 5.40. The second-order valence-corrected chi connectivity index (χ2v) is 3.34. The Labute approximate surface area is 84.4 Å². The van der Waals surface area contributed by atoms with Crippen molar-refractivity contribution in [2.75, 3.05) is 0 Å². The van der Waals surface area contributed by atoms with Crippen LogP contribution in [0, 0.1) is 18.3 Å². The minimum absolute atomic E-state index is 0.281. The summed E-state index contributed by atoms with van der Waals surface area (Å²) in [6, 6.07) is 2.45. The van der Waals surface area contributed by atoms with Crippen LogP contribution in [0.2, 0.25) is 0 Å². The molecule has 0 bridgehead atoms. The number of imidazole rings is 1. The summed E-state index contributed by atoms with van der Waals surface area (Å²) >= 11 is 0. The molecule has 2 N–H and O–H groups in total. The number of nitrogens with zero attached hydrogens (tertiary/aromatic N) is 2. The molecule has 4 nitrogen and oxygen atoms in total. The van der Waals surface area contributed by atoms with Gasteiger partial charge in [-0.3, -0.25) is 0 Å². The van der Waals surface area contributed by atoms with E-state index in [0.29, 0.717) is 6.42 Å². The van der Waals surface area contributed by atoms with E-state index in [-0.39, 0.29) is 6.04 Å². The van der Waals surface area contributed by atoms with E-state index < -0.39 is 0 Å². The minimum atomic E-state index is 0.281. The van der Waals surface area contributed by atoms with E-state index in [0.717, 1.165) is 24.5 Å². The van der Waals surface area contributed by atoms with Gasteiger partial charge in [0.05, 0.1) is 12.5 Å². The maximum atomic E-state index is 8.56. The van der Waals surface area contributed by atoms with Crippen molar-refractivity contribution in [3.05, 3.63) is 17.7 Å². The summed E-state index contributed by atoms with van der Waals surface area (Å²) in [5.74, 6) is 0.926. The molecule has 1 rings (SSSR count). The van der Waals surface area contributed by atoms with E-state index in [1.807, 2.05) is 13.1 Å². The highest BCUT2D eigenvalue weighted by Gasteiger charge is 2.05. The highest BCUT2D eigenvalue weighted by Crippen LogP contribution is 2.00. The number of nitrogens with one attached hydrogen (secondary N) is 2. The van der Waals surface area contributed by atoms with Crippen molar-refractivity contribution in [2.45, 2.75) is 39.3 Å². The number of hydrogen-bond donors (Lipinski definition) is 2. The Bertz CT molecular complexity index is 310. The Hall–Kier alpha value is -1.34. The van der Waals surface area contributed by atoms with Gasteiger partial charge < -0.3 is 10.3 Å². The van der Waals surface area contributed by atoms with Gasteiger partial charge in [-0.15, -0.1) is 0 Å². The Morgan fingerprint density at radius 2 is 2.50 bits per heavy atom. The molecule has 0 spiro atoms. The van der Waals surface area contributed by atoms with Gasteiger partial charge in [-0.25, -0.2) is 4.98 Å². The molecule has 1 unspecified atom stereocenters. The predicted molar refractivity (Wildman–Crippen MR) is 54.5 cm³/mol. The molecule has 0 aliphatic rings. The first-order valence-electron chi connectivity index (χ1n) is 4.87. The zero-order valence-corrected chi connectivity index (χ0v) is 8.67. The van der Waals surface area contributed by atoms with Crippen LogP contribution < -0.4 is 5.32 Å². The Morgan fingerprint density at radius 1 is 1.71 bits per heavy atom. The summed E-state index contributed by atoms with van der Waals surface area (Å²) in [6.07, 6.45) is 3.35. The number of H-pyrrole nitrogens is 1. The molecule has 14 heavy (non-hydrogen) atoms. The molecular formula is C10H16N4. The van der Waals surface area contributed by atoms with Gasteiger partial charge in [0.1, 0.15) is 5.82 Å². The molecule has 1 aromatic heterocycles. The first-order valence-corrected chi connectivity index (χ1v) is 4.87. The van der Waals surface area contributed by atoms with Crippen LogP contribution in [0.3, 0.4) is 0 Å². The van der Waals surface area contributed by atoms with E-state index in [2.05, 4.69) is 28.3 Å². The summed E-state index contributed by atoms with van der Waals surface area (Å²) in [6.45, 7) is 4.75. The molecule has 0 radical (unpaired) electrons. The van der Waals surface area contributed by atoms with Crippen LogP contribution >= 0.6 is 0 Å². The SMILES string of the molecule is CCC(CC#N)NCc1cnc(C)[nH]1. The van der Waals surface area contributed by atoms with Gasteiger partial charge in [0.15, 0.2) is 0 Å². The third kappa shape index (κ3) is 3.19. The summed E-state index contributed by atoms with van der Waals surface area (Å²) in [5.41, 5.74) is 1.07. The van der Waals surface area contributed by atoms with Gasteiger partial charge in [-0.2, -0.15) is 5.26 Å². The zero-order valence-electron chi connectivity index (χ0n) is 8.67. The number of rotatable bonds is 5. The molecule has 76 valence electrons. The lowest BCUT2D eigenvalue weighted by Gasteiger charge is -2.11. The van der Waals surface area contributed by atoms with Crippen LogP contribution in [-0.4, -0.2) is 16.0 Å². The smallest absolute Gasteiger partial charge is 0.103 e. The van der Waals surface area contributed by atoms with Crippen molar-refractivity contribution in [2.24, 2.45) is 0 Å². The predicted octanol–water partition coefficient (Wildman–Crippen LogP) is 1.50. The molecular weight excluding hydrogens is 176 g/mol. The topological polar surface area (TPSA) is 64.5 Å². The monoisotopic (exact) mass is 192 g/mol. The standard InChI is InChI=1S/C10H16N4/c1-3-9(4-5-11)13-7-10-6-12-8(2)14-10/h6,9,13H,3-4,7H2,1-2H3,(H,12,14). The van der Waals surface area contributed by atoms with Gasteiger partial charge in [0, 0.05) is 24.5 Å². The average Bonchev–Trinajstić information content (AvgIpc) is 2.59. The van der Waals surface area contributed by atoms with Crippen molar-refractivity contribution < 1.29 is 0 Å². The molecule has 0 fully saturated rings. The number of aromatic nitrogens is 2. The zero-order chi connectivity index (χ0) is 10.4. The van der Waals surface area contributed by atoms with E-state index >= 15 is 0 Å². The minimum Gasteiger partial charge on any atom is -0.345 e. The lowest BCUT2D eigenvalue weighted by atomic mass is 10.1. The van der Waals surface area contributed by atoms with E-state index in [9.17, 15) is 0 Å². The molecule has 1 atom stereocenters. The summed E-state index contributed by atoms with van der Waals surface area (Å²) in [5, 5.41) is 11.9. The molecule has 0 aliphatic heterocycles. The average molecular weight is 192 g/mol. The van der Waals surface area contributed by atoms with Crippen molar-refractivity contribution in [1.82, 2.24) is 15.3 Å². The normalized spacial score (nSPS) is 12.4. The highest BCUT2D eigenvalue weighted by atomic mass is 15.0. The lowest BCUT2D eigenvalue weighted by molar-refractivity contribution is 0.501. The molecule has 0 saturated heterocycles. The van der Waals surface area contributed by atoms with E-state index in [4.69, 9.17) is 5.26 Å². The fourth-order valence-corrected chi connectivity index (χ4v) is 1.29. The van der Waals surface area contributed by atoms with Crippen LogP contribution in [0.1, 0.15) is 31.3 Å². The van der Waals surface area contributed by atoms with Crippen LogP contribution in [0.15, 0.2) is 6.20 Å². The van der Waals surface area contributed by atoms with Crippen molar-refractivity contribution >= 4 is 0 Å². The van der Waals surface area contributed by atoms with Gasteiger partial charge in [0.2, 0.25) is 0 Å². The fraction of sp³-hybridized carbons (Fsp3) is 0.600. The van der Waals surface area contributed by atoms with E-state index in [1.54, 1.807) is 0 Å². The van der Waals surface area contributed by atoms with E-state index in [1.165, 1.54) is 0 Å². The van der Waals surface area contributed by atoms with Crippen LogP contribution in [0.25, 0.3) is 0 Å². The van der Waals surface area contributed by atoms with Crippen molar-refractivity contribution in [3.8, 4) is 6.07 Å². The maximum absolute atomic E-state index is 8.56. The highest BCUT2D eigenvalue weighted by molar-refractivity contribution is 4.99. The van der Waals surface area contributed by atoms with Gasteiger partial charge in [0.25, 0.3) is 0 Å². The van der Waals surface area contributed by atoms with Crippen LogP contribution in [0.4, 0.5) is 0 Å². The van der Waals surface area contributed by atoms with Crippen molar-refractivity contribution in [3.63, 3.8) is 0 Å². The molecule has 0 saturated carbocycles. The third-order valence-corrected chi connectivity index (χ3v) is 2.17. The molecule has 1 aromatic rings. The quantitative estimate of drug-likeness (QED) is 0.743. The third-order valence-electron chi connectivity index (χ3n) is 2.17. The van der Waals surface area contributed by atoms with Gasteiger partial charge in [-0.1, -0.05) is 6.92 Å². The Balaban J connectivity index is 2.36. The van der Waals surface area contributed by atoms with Crippen molar-refractivity contribution in [1.29, 1.82) is 5.26 Å². The fourth-order valence-electron chi connectivity index (χ4n) is 1.29. The number of aromatic amines is 1. The summed E-state index contributed by atoms with van der Waals surface area (Å²) < 4.78 is 0. The molecule has 4 heteroatoms. The van der Waals surface area contributed by atoms with Gasteiger partial charge >= 0.3 is 0 Å². The maximum Gasteiger partial charge on any atom is 0.103 e. The summed E-state index contributed by atoms with van der Waals surface area (Å²) in [4.78, 5) is 7.25. The molecule has 0 aliphatic carbocycles. The lowest BCUT2D eigenvalue weighted by Crippen LogP contribution is -2.27. The number of aryl methyl sites for hydroxylation is 1. The summed E-state index contributed by atoms with van der Waals surface area (Å²) in [7, 11) is 0. The molecule has 0 aromatic carbocycles. The second-order valence-electron chi connectivity index (χ2n) is 3.34. The Morgan fingerprint density at radius 3 is 3.00 bits per heavy atom. The van der Waals surface area contributed by atoms with Crippen LogP contribution in [0.5, 0.6) is 0 Å². The van der Waals surface area contributed by atoms with Gasteiger partial charge in [-0.05, 0) is 13.3 Å². The molecule has 1 heterocycles. The number of nitriles is 1. The number of hydrogen-bond acceptors (Lipinski definition) is 3. The Kier molecular flexibility index (Phi) is 4.14. The molecule has 0 amide bonds. The first-order chi connectivity index (χ1) is 6.76. The van der Waals surface area contributed by atoms with Crippen LogP contribution in [-0.2, 0) is 6.54 Å². The first kappa shape index (κ1) is 10.7.